The van der Waals surface area contributed by atoms with Crippen LogP contribution in [-0.4, -0.2) is 55.0 Å². The number of carbonyl (C=O) groups excluding carboxylic acids is 1. The van der Waals surface area contributed by atoms with Gasteiger partial charge in [0, 0.05) is 45.5 Å². The summed E-state index contributed by atoms with van der Waals surface area (Å²) in [5.41, 5.74) is 4.52. The molecule has 0 bridgehead atoms. The minimum Gasteiger partial charge on any atom is -0.352 e. The SMILES string of the molecule is CN=C(NCc1ccc(CN2CCCC2)cc1)NCc1cccc(NC(=O)N2CCCC2)c1. The molecule has 0 radical (unpaired) electrons. The third-order valence-corrected chi connectivity index (χ3v) is 6.34. The van der Waals surface area contributed by atoms with Crippen molar-refractivity contribution >= 4 is 17.7 Å². The summed E-state index contributed by atoms with van der Waals surface area (Å²) in [6, 6.07) is 16.8. The number of benzene rings is 2. The second kappa shape index (κ2) is 11.7. The summed E-state index contributed by atoms with van der Waals surface area (Å²) in [7, 11) is 1.78. The van der Waals surface area contributed by atoms with E-state index in [9.17, 15) is 4.79 Å². The standard InChI is InChI=1S/C26H36N6O/c1-27-25(28-18-21-9-11-22(12-10-21)20-31-13-2-3-14-31)29-19-23-7-6-8-24(17-23)30-26(33)32-15-4-5-16-32/h6-12,17H,2-5,13-16,18-20H2,1H3,(H,30,33)(H2,27,28,29). The van der Waals surface area contributed by atoms with E-state index in [2.05, 4.69) is 50.1 Å². The van der Waals surface area contributed by atoms with Gasteiger partial charge in [-0.2, -0.15) is 0 Å². The Morgan fingerprint density at radius 3 is 2.18 bits per heavy atom. The Kier molecular flexibility index (Phi) is 8.19. The number of aliphatic imine (C=N–C) groups is 1. The largest absolute Gasteiger partial charge is 0.352 e. The molecule has 2 saturated heterocycles. The predicted octanol–water partition coefficient (Wildman–Crippen LogP) is 3.78. The number of rotatable bonds is 7. The summed E-state index contributed by atoms with van der Waals surface area (Å²) in [5.74, 6) is 0.752. The number of amides is 2. The number of carbonyl (C=O) groups is 1. The van der Waals surface area contributed by atoms with Gasteiger partial charge < -0.3 is 20.9 Å². The Hall–Kier alpha value is -3.06. The fourth-order valence-corrected chi connectivity index (χ4v) is 4.44. The average Bonchev–Trinajstić information content (AvgIpc) is 3.55. The van der Waals surface area contributed by atoms with Crippen molar-refractivity contribution in [3.63, 3.8) is 0 Å². The van der Waals surface area contributed by atoms with Crippen LogP contribution in [0.2, 0.25) is 0 Å². The molecule has 3 N–H and O–H groups in total. The maximum Gasteiger partial charge on any atom is 0.321 e. The fraction of sp³-hybridized carbons (Fsp3) is 0.462. The van der Waals surface area contributed by atoms with Gasteiger partial charge in [-0.3, -0.25) is 9.89 Å². The van der Waals surface area contributed by atoms with Crippen LogP contribution in [0.1, 0.15) is 42.4 Å². The summed E-state index contributed by atoms with van der Waals surface area (Å²) < 4.78 is 0. The second-order valence-corrected chi connectivity index (χ2v) is 8.90. The summed E-state index contributed by atoms with van der Waals surface area (Å²) in [6.45, 7) is 6.52. The van der Waals surface area contributed by atoms with Crippen molar-refractivity contribution in [1.82, 2.24) is 20.4 Å². The molecule has 7 nitrogen and oxygen atoms in total. The van der Waals surface area contributed by atoms with Crippen LogP contribution >= 0.6 is 0 Å². The number of anilines is 1. The van der Waals surface area contributed by atoms with Crippen molar-refractivity contribution in [2.24, 2.45) is 4.99 Å². The van der Waals surface area contributed by atoms with E-state index in [-0.39, 0.29) is 6.03 Å². The number of urea groups is 1. The lowest BCUT2D eigenvalue weighted by Crippen LogP contribution is -2.36. The van der Waals surface area contributed by atoms with Gasteiger partial charge in [-0.05, 0) is 67.6 Å². The first kappa shape index (κ1) is 23.1. The monoisotopic (exact) mass is 448 g/mol. The number of hydrogen-bond acceptors (Lipinski definition) is 3. The first-order chi connectivity index (χ1) is 16.2. The van der Waals surface area contributed by atoms with E-state index in [1.807, 2.05) is 29.2 Å². The molecule has 2 aliphatic heterocycles. The lowest BCUT2D eigenvalue weighted by atomic mass is 10.1. The molecule has 2 aliphatic rings. The van der Waals surface area contributed by atoms with Crippen LogP contribution in [0.25, 0.3) is 0 Å². The zero-order valence-corrected chi connectivity index (χ0v) is 19.6. The van der Waals surface area contributed by atoms with Gasteiger partial charge in [0.1, 0.15) is 0 Å². The van der Waals surface area contributed by atoms with Crippen LogP contribution < -0.4 is 16.0 Å². The van der Waals surface area contributed by atoms with E-state index < -0.39 is 0 Å². The van der Waals surface area contributed by atoms with Crippen molar-refractivity contribution in [1.29, 1.82) is 0 Å². The third-order valence-electron chi connectivity index (χ3n) is 6.34. The Morgan fingerprint density at radius 1 is 0.848 bits per heavy atom. The molecule has 2 aromatic rings. The highest BCUT2D eigenvalue weighted by Crippen LogP contribution is 2.15. The molecular formula is C26H36N6O. The molecule has 4 rings (SSSR count). The highest BCUT2D eigenvalue weighted by Gasteiger charge is 2.17. The molecule has 2 fully saturated rings. The molecule has 0 aromatic heterocycles. The number of hydrogen-bond donors (Lipinski definition) is 3. The van der Waals surface area contributed by atoms with Crippen LogP contribution in [-0.2, 0) is 19.6 Å². The highest BCUT2D eigenvalue weighted by molar-refractivity contribution is 5.89. The Labute approximate surface area is 197 Å². The summed E-state index contributed by atoms with van der Waals surface area (Å²) in [5, 5.41) is 9.75. The van der Waals surface area contributed by atoms with Crippen molar-refractivity contribution in [3.8, 4) is 0 Å². The van der Waals surface area contributed by atoms with Gasteiger partial charge in [-0.1, -0.05) is 36.4 Å². The smallest absolute Gasteiger partial charge is 0.321 e. The molecule has 0 aliphatic carbocycles. The molecule has 0 atom stereocenters. The molecule has 2 amide bonds. The number of nitrogens with zero attached hydrogens (tertiary/aromatic N) is 3. The van der Waals surface area contributed by atoms with Crippen molar-refractivity contribution in [2.45, 2.75) is 45.3 Å². The van der Waals surface area contributed by atoms with Crippen LogP contribution in [0.3, 0.4) is 0 Å². The first-order valence-electron chi connectivity index (χ1n) is 12.1. The maximum atomic E-state index is 12.3. The minimum absolute atomic E-state index is 0.0125. The molecule has 0 spiro atoms. The number of guanidine groups is 1. The van der Waals surface area contributed by atoms with Gasteiger partial charge >= 0.3 is 6.03 Å². The molecule has 7 heteroatoms. The summed E-state index contributed by atoms with van der Waals surface area (Å²) in [4.78, 5) is 21.1. The maximum absolute atomic E-state index is 12.3. The third kappa shape index (κ3) is 6.96. The lowest BCUT2D eigenvalue weighted by molar-refractivity contribution is 0.222. The van der Waals surface area contributed by atoms with Crippen LogP contribution in [0.5, 0.6) is 0 Å². The van der Waals surface area contributed by atoms with Crippen LogP contribution in [0.15, 0.2) is 53.5 Å². The molecule has 0 saturated carbocycles. The van der Waals surface area contributed by atoms with E-state index in [0.29, 0.717) is 6.54 Å². The Bertz CT molecular complexity index is 930. The molecule has 2 heterocycles. The van der Waals surface area contributed by atoms with Crippen molar-refractivity contribution < 1.29 is 4.79 Å². The van der Waals surface area contributed by atoms with Crippen molar-refractivity contribution in [3.05, 3.63) is 65.2 Å². The Balaban J connectivity index is 1.22. The quantitative estimate of drug-likeness (QED) is 0.445. The van der Waals surface area contributed by atoms with Gasteiger partial charge in [-0.25, -0.2) is 4.79 Å². The first-order valence-corrected chi connectivity index (χ1v) is 12.1. The minimum atomic E-state index is -0.0125. The van der Waals surface area contributed by atoms with E-state index >= 15 is 0 Å². The molecule has 2 aromatic carbocycles. The summed E-state index contributed by atoms with van der Waals surface area (Å²) in [6.07, 6.45) is 4.83. The lowest BCUT2D eigenvalue weighted by Gasteiger charge is -2.17. The van der Waals surface area contributed by atoms with Gasteiger partial charge in [0.15, 0.2) is 5.96 Å². The average molecular weight is 449 g/mol. The molecule has 0 unspecified atom stereocenters. The van der Waals surface area contributed by atoms with Gasteiger partial charge in [0.05, 0.1) is 0 Å². The van der Waals surface area contributed by atoms with Crippen molar-refractivity contribution in [2.75, 3.05) is 38.5 Å². The molecule has 176 valence electrons. The summed E-state index contributed by atoms with van der Waals surface area (Å²) >= 11 is 0. The topological polar surface area (TPSA) is 72.0 Å². The molecular weight excluding hydrogens is 412 g/mol. The second-order valence-electron chi connectivity index (χ2n) is 8.90. The van der Waals surface area contributed by atoms with Gasteiger partial charge in [-0.15, -0.1) is 0 Å². The van der Waals surface area contributed by atoms with Crippen LogP contribution in [0.4, 0.5) is 10.5 Å². The Morgan fingerprint density at radius 2 is 1.48 bits per heavy atom. The van der Waals surface area contributed by atoms with E-state index in [4.69, 9.17) is 0 Å². The van der Waals surface area contributed by atoms with Gasteiger partial charge in [0.2, 0.25) is 0 Å². The fourth-order valence-electron chi connectivity index (χ4n) is 4.44. The zero-order valence-electron chi connectivity index (χ0n) is 19.6. The normalized spacial score (nSPS) is 16.8. The van der Waals surface area contributed by atoms with E-state index in [1.165, 1.54) is 37.1 Å². The number of nitrogens with one attached hydrogen (secondary N) is 3. The van der Waals surface area contributed by atoms with E-state index in [1.54, 1.807) is 7.05 Å². The highest BCUT2D eigenvalue weighted by atomic mass is 16.2. The predicted molar refractivity (Wildman–Crippen MR) is 134 cm³/mol. The van der Waals surface area contributed by atoms with E-state index in [0.717, 1.165) is 56.2 Å². The zero-order chi connectivity index (χ0) is 22.9. The molecule has 33 heavy (non-hydrogen) atoms. The number of likely N-dealkylation sites (tertiary alicyclic amines) is 2. The van der Waals surface area contributed by atoms with Crippen LogP contribution in [0, 0.1) is 0 Å². The van der Waals surface area contributed by atoms with Gasteiger partial charge in [0.25, 0.3) is 0 Å².